The summed E-state index contributed by atoms with van der Waals surface area (Å²) >= 11 is 0. The first-order valence-corrected chi connectivity index (χ1v) is 9.53. The van der Waals surface area contributed by atoms with Crippen molar-refractivity contribution in [3.05, 3.63) is 83.9 Å². The molecule has 1 N–H and O–H groups in total. The Bertz CT molecular complexity index is 1100. The fourth-order valence-electron chi connectivity index (χ4n) is 3.63. The van der Waals surface area contributed by atoms with Crippen LogP contribution in [0.25, 0.3) is 16.3 Å². The molecule has 3 aromatic carbocycles. The van der Waals surface area contributed by atoms with Gasteiger partial charge in [-0.2, -0.15) is 0 Å². The molecule has 4 rings (SSSR count). The Morgan fingerprint density at radius 3 is 2.59 bits per heavy atom. The van der Waals surface area contributed by atoms with E-state index in [1.807, 2.05) is 65.6 Å². The quantitative estimate of drug-likeness (QED) is 0.711. The van der Waals surface area contributed by atoms with Crippen molar-refractivity contribution < 1.29 is 19.4 Å². The van der Waals surface area contributed by atoms with Gasteiger partial charge in [0.25, 0.3) is 5.91 Å². The molecule has 5 nitrogen and oxygen atoms in total. The second kappa shape index (κ2) is 8.19. The molecule has 5 heteroatoms. The lowest BCUT2D eigenvalue weighted by molar-refractivity contribution is -0.139. The van der Waals surface area contributed by atoms with Crippen molar-refractivity contribution in [1.29, 1.82) is 0 Å². The summed E-state index contributed by atoms with van der Waals surface area (Å²) in [7, 11) is 0. The normalized spacial score (nSPS) is 13.8. The minimum absolute atomic E-state index is 0.0376. The number of rotatable bonds is 5. The SMILES string of the molecule is O=C(O)COc1cccc(C2=CCN(C(=O)c3cccc4ccccc34)CC2)c1. The molecule has 0 atom stereocenters. The van der Waals surface area contributed by atoms with Crippen molar-refractivity contribution in [2.75, 3.05) is 19.7 Å². The summed E-state index contributed by atoms with van der Waals surface area (Å²) in [4.78, 5) is 25.6. The summed E-state index contributed by atoms with van der Waals surface area (Å²) in [6.45, 7) is 0.807. The summed E-state index contributed by atoms with van der Waals surface area (Å²) in [5.41, 5.74) is 2.85. The van der Waals surface area contributed by atoms with Crippen LogP contribution in [0.1, 0.15) is 22.3 Å². The Hall–Kier alpha value is -3.60. The van der Waals surface area contributed by atoms with Crippen LogP contribution in [0.3, 0.4) is 0 Å². The van der Waals surface area contributed by atoms with Crippen molar-refractivity contribution in [2.24, 2.45) is 0 Å². The number of fused-ring (bicyclic) bond motifs is 1. The van der Waals surface area contributed by atoms with Gasteiger partial charge in [-0.3, -0.25) is 4.79 Å². The molecule has 0 saturated carbocycles. The highest BCUT2D eigenvalue weighted by molar-refractivity contribution is 6.07. The Morgan fingerprint density at radius 1 is 1.00 bits per heavy atom. The lowest BCUT2D eigenvalue weighted by Crippen LogP contribution is -2.34. The molecule has 29 heavy (non-hydrogen) atoms. The van der Waals surface area contributed by atoms with Crippen LogP contribution in [-0.4, -0.2) is 41.6 Å². The van der Waals surface area contributed by atoms with Crippen molar-refractivity contribution in [1.82, 2.24) is 4.90 Å². The molecule has 0 saturated heterocycles. The van der Waals surface area contributed by atoms with Gasteiger partial charge in [-0.1, -0.05) is 54.6 Å². The summed E-state index contributed by atoms with van der Waals surface area (Å²) in [5.74, 6) is -0.439. The van der Waals surface area contributed by atoms with Crippen LogP contribution in [0, 0.1) is 0 Å². The zero-order chi connectivity index (χ0) is 20.2. The van der Waals surface area contributed by atoms with Crippen molar-refractivity contribution in [2.45, 2.75) is 6.42 Å². The number of amides is 1. The van der Waals surface area contributed by atoms with Crippen LogP contribution in [0.5, 0.6) is 5.75 Å². The molecule has 0 unspecified atom stereocenters. The van der Waals surface area contributed by atoms with Gasteiger partial charge in [-0.15, -0.1) is 0 Å². The predicted molar refractivity (Wildman–Crippen MR) is 112 cm³/mol. The first kappa shape index (κ1) is 18.7. The number of hydrogen-bond acceptors (Lipinski definition) is 3. The van der Waals surface area contributed by atoms with Gasteiger partial charge in [0.05, 0.1) is 0 Å². The second-order valence-electron chi connectivity index (χ2n) is 6.97. The van der Waals surface area contributed by atoms with Gasteiger partial charge >= 0.3 is 5.97 Å². The molecule has 0 bridgehead atoms. The number of carbonyl (C=O) groups excluding carboxylic acids is 1. The molecule has 0 radical (unpaired) electrons. The maximum absolute atomic E-state index is 13.1. The van der Waals surface area contributed by atoms with Gasteiger partial charge in [0.2, 0.25) is 0 Å². The van der Waals surface area contributed by atoms with Gasteiger partial charge < -0.3 is 14.7 Å². The molecule has 3 aromatic rings. The number of ether oxygens (including phenoxy) is 1. The summed E-state index contributed by atoms with van der Waals surface area (Å²) < 4.78 is 5.27. The molecule has 0 aliphatic carbocycles. The van der Waals surface area contributed by atoms with Crippen LogP contribution in [0.4, 0.5) is 0 Å². The lowest BCUT2D eigenvalue weighted by Gasteiger charge is -2.27. The van der Waals surface area contributed by atoms with Gasteiger partial charge in [0.1, 0.15) is 5.75 Å². The molecule has 1 amide bonds. The van der Waals surface area contributed by atoms with E-state index in [1.165, 1.54) is 0 Å². The molecule has 1 heterocycles. The zero-order valence-corrected chi connectivity index (χ0v) is 15.9. The monoisotopic (exact) mass is 387 g/mol. The van der Waals surface area contributed by atoms with E-state index in [0.717, 1.165) is 33.9 Å². The van der Waals surface area contributed by atoms with E-state index < -0.39 is 5.97 Å². The number of carboxylic acid groups (broad SMARTS) is 1. The highest BCUT2D eigenvalue weighted by Crippen LogP contribution is 2.27. The number of benzene rings is 3. The number of carbonyl (C=O) groups is 2. The third-order valence-electron chi connectivity index (χ3n) is 5.08. The Labute approximate surface area is 168 Å². The van der Waals surface area contributed by atoms with Crippen LogP contribution in [0.15, 0.2) is 72.8 Å². The fourth-order valence-corrected chi connectivity index (χ4v) is 3.63. The van der Waals surface area contributed by atoms with Gasteiger partial charge in [0.15, 0.2) is 6.61 Å². The Morgan fingerprint density at radius 2 is 1.79 bits per heavy atom. The molecule has 146 valence electrons. The number of carboxylic acids is 1. The Balaban J connectivity index is 1.50. The van der Waals surface area contributed by atoms with Crippen molar-refractivity contribution >= 4 is 28.2 Å². The maximum Gasteiger partial charge on any atom is 0.341 e. The minimum Gasteiger partial charge on any atom is -0.482 e. The molecule has 0 aromatic heterocycles. The number of nitrogens with zero attached hydrogens (tertiary/aromatic N) is 1. The average molecular weight is 387 g/mol. The zero-order valence-electron chi connectivity index (χ0n) is 15.9. The fraction of sp³-hybridized carbons (Fsp3) is 0.167. The van der Waals surface area contributed by atoms with Crippen LogP contribution < -0.4 is 4.74 Å². The van der Waals surface area contributed by atoms with Gasteiger partial charge in [-0.25, -0.2) is 4.79 Å². The van der Waals surface area contributed by atoms with E-state index in [4.69, 9.17) is 9.84 Å². The largest absolute Gasteiger partial charge is 0.482 e. The molecule has 1 aliphatic heterocycles. The van der Waals surface area contributed by atoms with E-state index in [-0.39, 0.29) is 12.5 Å². The van der Waals surface area contributed by atoms with Gasteiger partial charge in [0, 0.05) is 18.7 Å². The smallest absolute Gasteiger partial charge is 0.341 e. The Kier molecular flexibility index (Phi) is 5.29. The van der Waals surface area contributed by atoms with Crippen LogP contribution in [-0.2, 0) is 4.79 Å². The van der Waals surface area contributed by atoms with Crippen LogP contribution in [0.2, 0.25) is 0 Å². The molecule has 1 aliphatic rings. The van der Waals surface area contributed by atoms with E-state index in [2.05, 4.69) is 6.08 Å². The molecule has 0 fully saturated rings. The summed E-state index contributed by atoms with van der Waals surface area (Å²) in [6.07, 6.45) is 2.79. The summed E-state index contributed by atoms with van der Waals surface area (Å²) in [6, 6.07) is 21.1. The third-order valence-corrected chi connectivity index (χ3v) is 5.08. The first-order chi connectivity index (χ1) is 14.1. The topological polar surface area (TPSA) is 66.8 Å². The standard InChI is InChI=1S/C24H21NO4/c26-23(27)16-29-20-8-3-7-19(15-20)17-11-13-25(14-12-17)24(28)22-10-4-6-18-5-1-2-9-21(18)22/h1-11,15H,12-14,16H2,(H,26,27). The average Bonchev–Trinajstić information content (AvgIpc) is 2.77. The van der Waals surface area contributed by atoms with Crippen molar-refractivity contribution in [3.63, 3.8) is 0 Å². The maximum atomic E-state index is 13.1. The van der Waals surface area contributed by atoms with E-state index in [1.54, 1.807) is 6.07 Å². The third kappa shape index (κ3) is 4.14. The van der Waals surface area contributed by atoms with E-state index in [0.29, 0.717) is 18.8 Å². The summed E-state index contributed by atoms with van der Waals surface area (Å²) in [5, 5.41) is 10.8. The molecule has 0 spiro atoms. The number of hydrogen-bond donors (Lipinski definition) is 1. The van der Waals surface area contributed by atoms with Gasteiger partial charge in [-0.05, 0) is 46.5 Å². The second-order valence-corrected chi connectivity index (χ2v) is 6.97. The van der Waals surface area contributed by atoms with E-state index in [9.17, 15) is 9.59 Å². The van der Waals surface area contributed by atoms with Crippen molar-refractivity contribution in [3.8, 4) is 5.75 Å². The highest BCUT2D eigenvalue weighted by Gasteiger charge is 2.21. The molecular formula is C24H21NO4. The molecular weight excluding hydrogens is 366 g/mol. The first-order valence-electron chi connectivity index (χ1n) is 9.53. The highest BCUT2D eigenvalue weighted by atomic mass is 16.5. The predicted octanol–water partition coefficient (Wildman–Crippen LogP) is 4.23. The van der Waals surface area contributed by atoms with E-state index >= 15 is 0 Å². The lowest BCUT2D eigenvalue weighted by atomic mass is 9.98. The number of aliphatic carboxylic acids is 1. The minimum atomic E-state index is -1.00. The van der Waals surface area contributed by atoms with Crippen LogP contribution >= 0.6 is 0 Å².